The van der Waals surface area contributed by atoms with Gasteiger partial charge in [-0.2, -0.15) is 0 Å². The van der Waals surface area contributed by atoms with Gasteiger partial charge < -0.3 is 10.6 Å². The maximum atomic E-state index is 14.7. The Hall–Kier alpha value is -3.02. The van der Waals surface area contributed by atoms with Crippen LogP contribution in [0.25, 0.3) is 0 Å². The Bertz CT molecular complexity index is 936. The average Bonchev–Trinajstić information content (AvgIpc) is 2.65. The zero-order valence-corrected chi connectivity index (χ0v) is 16.0. The zero-order valence-electron chi connectivity index (χ0n) is 16.0. The van der Waals surface area contributed by atoms with Gasteiger partial charge in [0.05, 0.1) is 0 Å². The first kappa shape index (κ1) is 19.7. The lowest BCUT2D eigenvalue weighted by Crippen LogP contribution is -2.10. The molecule has 0 radical (unpaired) electrons. The van der Waals surface area contributed by atoms with Gasteiger partial charge in [0.2, 0.25) is 0 Å². The van der Waals surface area contributed by atoms with E-state index in [9.17, 15) is 17.6 Å². The highest BCUT2D eigenvalue weighted by Gasteiger charge is 2.27. The van der Waals surface area contributed by atoms with Gasteiger partial charge in [0.1, 0.15) is 11.4 Å². The number of benzene rings is 3. The summed E-state index contributed by atoms with van der Waals surface area (Å²) in [5, 5.41) is 5.52. The Morgan fingerprint density at radius 1 is 0.464 bits per heavy atom. The molecule has 0 aliphatic carbocycles. The van der Waals surface area contributed by atoms with Crippen molar-refractivity contribution in [2.24, 2.45) is 0 Å². The van der Waals surface area contributed by atoms with Crippen molar-refractivity contribution < 1.29 is 17.6 Å². The van der Waals surface area contributed by atoms with Gasteiger partial charge >= 0.3 is 0 Å². The number of anilines is 4. The molecule has 0 unspecified atom stereocenters. The number of halogens is 4. The van der Waals surface area contributed by atoms with Crippen molar-refractivity contribution in [1.82, 2.24) is 0 Å². The lowest BCUT2D eigenvalue weighted by atomic mass is 10.1. The van der Waals surface area contributed by atoms with Crippen LogP contribution < -0.4 is 10.6 Å². The Kier molecular flexibility index (Phi) is 5.31. The fourth-order valence-corrected chi connectivity index (χ4v) is 3.14. The van der Waals surface area contributed by atoms with E-state index in [4.69, 9.17) is 0 Å². The normalized spacial score (nSPS) is 10.9. The van der Waals surface area contributed by atoms with Gasteiger partial charge in [0, 0.05) is 11.4 Å². The summed E-state index contributed by atoms with van der Waals surface area (Å²) in [6, 6.07) is 10.7. The van der Waals surface area contributed by atoms with Crippen LogP contribution >= 0.6 is 0 Å². The van der Waals surface area contributed by atoms with Crippen LogP contribution in [0.3, 0.4) is 0 Å². The molecule has 3 rings (SSSR count). The number of nitrogens with one attached hydrogen (secondary N) is 2. The van der Waals surface area contributed by atoms with Crippen LogP contribution in [0.1, 0.15) is 22.3 Å². The van der Waals surface area contributed by atoms with Crippen LogP contribution in [0.5, 0.6) is 0 Å². The Morgan fingerprint density at radius 2 is 0.750 bits per heavy atom. The molecule has 0 aliphatic heterocycles. The fraction of sp³-hybridized carbons (Fsp3) is 0.182. The molecule has 0 heterocycles. The molecular formula is C22H20F4N2. The topological polar surface area (TPSA) is 24.1 Å². The monoisotopic (exact) mass is 388 g/mol. The molecule has 146 valence electrons. The predicted octanol–water partition coefficient (Wildman–Crippen LogP) is 6.96. The molecule has 0 bridgehead atoms. The highest BCUT2D eigenvalue weighted by atomic mass is 19.2. The minimum absolute atomic E-state index is 0.489. The van der Waals surface area contributed by atoms with E-state index in [0.717, 1.165) is 22.3 Å². The predicted molar refractivity (Wildman–Crippen MR) is 105 cm³/mol. The van der Waals surface area contributed by atoms with Gasteiger partial charge in [-0.3, -0.25) is 0 Å². The second-order valence-electron chi connectivity index (χ2n) is 6.79. The van der Waals surface area contributed by atoms with Crippen molar-refractivity contribution >= 4 is 22.7 Å². The number of hydrogen-bond acceptors (Lipinski definition) is 2. The number of hydrogen-bond donors (Lipinski definition) is 2. The molecule has 2 N–H and O–H groups in total. The van der Waals surface area contributed by atoms with E-state index >= 15 is 0 Å². The molecule has 0 atom stereocenters. The van der Waals surface area contributed by atoms with Crippen LogP contribution in [0, 0.1) is 51.0 Å². The molecule has 3 aromatic rings. The minimum atomic E-state index is -1.86. The molecule has 0 fully saturated rings. The lowest BCUT2D eigenvalue weighted by molar-refractivity contribution is 0.413. The first-order chi connectivity index (χ1) is 13.2. The van der Waals surface area contributed by atoms with Crippen LogP contribution in [0.15, 0.2) is 36.4 Å². The van der Waals surface area contributed by atoms with Gasteiger partial charge in [0.15, 0.2) is 23.3 Å². The Morgan fingerprint density at radius 3 is 1.04 bits per heavy atom. The third kappa shape index (κ3) is 3.42. The van der Waals surface area contributed by atoms with Gasteiger partial charge in [-0.25, -0.2) is 17.6 Å². The van der Waals surface area contributed by atoms with Crippen molar-refractivity contribution in [3.63, 3.8) is 0 Å². The summed E-state index contributed by atoms with van der Waals surface area (Å²) in [7, 11) is 0. The number of para-hydroxylation sites is 2. The van der Waals surface area contributed by atoms with E-state index in [0.29, 0.717) is 11.4 Å². The van der Waals surface area contributed by atoms with Crippen molar-refractivity contribution in [1.29, 1.82) is 0 Å². The van der Waals surface area contributed by atoms with E-state index < -0.39 is 34.6 Å². The summed E-state index contributed by atoms with van der Waals surface area (Å²) in [6.07, 6.45) is 0. The second-order valence-corrected chi connectivity index (χ2v) is 6.79. The molecule has 0 aromatic heterocycles. The molecular weight excluding hydrogens is 368 g/mol. The molecule has 0 saturated carbocycles. The van der Waals surface area contributed by atoms with Crippen LogP contribution in [0.4, 0.5) is 40.3 Å². The maximum absolute atomic E-state index is 14.7. The molecule has 28 heavy (non-hydrogen) atoms. The molecule has 0 saturated heterocycles. The minimum Gasteiger partial charge on any atom is -0.351 e. The van der Waals surface area contributed by atoms with E-state index in [1.807, 2.05) is 12.1 Å². The van der Waals surface area contributed by atoms with Crippen molar-refractivity contribution in [2.45, 2.75) is 27.7 Å². The van der Waals surface area contributed by atoms with Crippen molar-refractivity contribution in [3.8, 4) is 0 Å². The summed E-state index contributed by atoms with van der Waals surface area (Å²) in [6.45, 7) is 7.12. The summed E-state index contributed by atoms with van der Waals surface area (Å²) in [4.78, 5) is 0. The van der Waals surface area contributed by atoms with Crippen molar-refractivity contribution in [3.05, 3.63) is 81.9 Å². The molecule has 0 amide bonds. The summed E-state index contributed by atoms with van der Waals surface area (Å²) in [5.74, 6) is -6.71. The smallest absolute Gasteiger partial charge is 0.199 e. The van der Waals surface area contributed by atoms with Gasteiger partial charge in [-0.1, -0.05) is 36.4 Å². The standard InChI is InChI=1S/C22H20F4N2/c1-11-7-5-8-12(2)19(11)27-21-17(25)15(23)16(24)18(26)22(21)28-20-13(3)9-6-10-14(20)4/h5-10,27-28H,1-4H3. The maximum Gasteiger partial charge on any atom is 0.199 e. The summed E-state index contributed by atoms with van der Waals surface area (Å²) < 4.78 is 57.3. The summed E-state index contributed by atoms with van der Waals surface area (Å²) >= 11 is 0. The van der Waals surface area contributed by atoms with Crippen LogP contribution in [0.2, 0.25) is 0 Å². The van der Waals surface area contributed by atoms with Crippen molar-refractivity contribution in [2.75, 3.05) is 10.6 Å². The lowest BCUT2D eigenvalue weighted by Gasteiger charge is -2.20. The van der Waals surface area contributed by atoms with E-state index in [-0.39, 0.29) is 0 Å². The Balaban J connectivity index is 2.22. The van der Waals surface area contributed by atoms with E-state index in [1.165, 1.54) is 0 Å². The third-order valence-electron chi connectivity index (χ3n) is 4.73. The van der Waals surface area contributed by atoms with Crippen LogP contribution in [-0.2, 0) is 0 Å². The molecule has 3 aromatic carbocycles. The molecule has 0 spiro atoms. The van der Waals surface area contributed by atoms with Crippen LogP contribution in [-0.4, -0.2) is 0 Å². The zero-order chi connectivity index (χ0) is 20.6. The Labute approximate surface area is 161 Å². The number of rotatable bonds is 4. The highest BCUT2D eigenvalue weighted by Crippen LogP contribution is 2.39. The van der Waals surface area contributed by atoms with Gasteiger partial charge in [0.25, 0.3) is 0 Å². The highest BCUT2D eigenvalue weighted by molar-refractivity contribution is 5.82. The molecule has 0 aliphatic rings. The van der Waals surface area contributed by atoms with E-state index in [1.54, 1.807) is 52.0 Å². The SMILES string of the molecule is Cc1cccc(C)c1Nc1c(F)c(F)c(F)c(F)c1Nc1c(C)cccc1C. The fourth-order valence-electron chi connectivity index (χ4n) is 3.14. The number of aryl methyl sites for hydroxylation is 4. The largest absolute Gasteiger partial charge is 0.351 e. The molecule has 2 nitrogen and oxygen atoms in total. The first-order valence-electron chi connectivity index (χ1n) is 8.74. The molecule has 6 heteroatoms. The summed E-state index contributed by atoms with van der Waals surface area (Å²) in [5.41, 5.74) is 3.02. The third-order valence-corrected chi connectivity index (χ3v) is 4.73. The van der Waals surface area contributed by atoms with Gasteiger partial charge in [-0.05, 0) is 49.9 Å². The average molecular weight is 388 g/mol. The van der Waals surface area contributed by atoms with Gasteiger partial charge in [-0.15, -0.1) is 0 Å². The van der Waals surface area contributed by atoms with E-state index in [2.05, 4.69) is 10.6 Å². The second kappa shape index (κ2) is 7.54. The first-order valence-corrected chi connectivity index (χ1v) is 8.74. The quantitative estimate of drug-likeness (QED) is 0.287.